The second-order valence-corrected chi connectivity index (χ2v) is 3.93. The van der Waals surface area contributed by atoms with Crippen molar-refractivity contribution in [1.82, 2.24) is 9.78 Å². The van der Waals surface area contributed by atoms with Crippen LogP contribution in [0.5, 0.6) is 5.75 Å². The molecular weight excluding hydrogens is 232 g/mol. The Balaban J connectivity index is 2.16. The summed E-state index contributed by atoms with van der Waals surface area (Å²) in [5.74, 6) is -0.149. The standard InChI is InChI=1S/C12H14N4O2/c1-16-6-8(5-15-16)7-18-11-3-2-9(13)4-10(11)12(14)17/h2-6H,7,13H2,1H3,(H2,14,17). The summed E-state index contributed by atoms with van der Waals surface area (Å²) in [5.41, 5.74) is 12.5. The van der Waals surface area contributed by atoms with Crippen LogP contribution in [0.25, 0.3) is 0 Å². The summed E-state index contributed by atoms with van der Waals surface area (Å²) in [5, 5.41) is 4.03. The van der Waals surface area contributed by atoms with E-state index in [1.165, 1.54) is 6.07 Å². The average molecular weight is 246 g/mol. The molecule has 1 heterocycles. The first-order valence-corrected chi connectivity index (χ1v) is 5.36. The number of carbonyl (C=O) groups excluding carboxylic acids is 1. The van der Waals surface area contributed by atoms with Crippen molar-refractivity contribution in [1.29, 1.82) is 0 Å². The van der Waals surface area contributed by atoms with Crippen LogP contribution in [0.4, 0.5) is 5.69 Å². The van der Waals surface area contributed by atoms with Crippen LogP contribution >= 0.6 is 0 Å². The molecule has 0 aliphatic heterocycles. The number of nitrogens with two attached hydrogens (primary N) is 2. The van der Waals surface area contributed by atoms with Crippen molar-refractivity contribution in [2.75, 3.05) is 5.73 Å². The van der Waals surface area contributed by atoms with Crippen LogP contribution in [0.3, 0.4) is 0 Å². The van der Waals surface area contributed by atoms with Crippen LogP contribution in [0.2, 0.25) is 0 Å². The molecule has 0 bridgehead atoms. The smallest absolute Gasteiger partial charge is 0.252 e. The number of rotatable bonds is 4. The van der Waals surface area contributed by atoms with Gasteiger partial charge < -0.3 is 16.2 Å². The summed E-state index contributed by atoms with van der Waals surface area (Å²) >= 11 is 0. The highest BCUT2D eigenvalue weighted by molar-refractivity contribution is 5.96. The highest BCUT2D eigenvalue weighted by Gasteiger charge is 2.10. The molecule has 4 N–H and O–H groups in total. The first-order chi connectivity index (χ1) is 8.56. The Morgan fingerprint density at radius 2 is 2.28 bits per heavy atom. The molecule has 6 heteroatoms. The van der Waals surface area contributed by atoms with Crippen LogP contribution in [0, 0.1) is 0 Å². The third-order valence-corrected chi connectivity index (χ3v) is 2.42. The quantitative estimate of drug-likeness (QED) is 0.775. The molecule has 0 saturated heterocycles. The summed E-state index contributed by atoms with van der Waals surface area (Å²) in [6.07, 6.45) is 3.53. The minimum Gasteiger partial charge on any atom is -0.488 e. The summed E-state index contributed by atoms with van der Waals surface area (Å²) in [6, 6.07) is 4.79. The second-order valence-electron chi connectivity index (χ2n) is 3.93. The number of benzene rings is 1. The van der Waals surface area contributed by atoms with Crippen molar-refractivity contribution in [3.63, 3.8) is 0 Å². The lowest BCUT2D eigenvalue weighted by atomic mass is 10.1. The molecule has 0 saturated carbocycles. The van der Waals surface area contributed by atoms with Crippen molar-refractivity contribution in [2.24, 2.45) is 12.8 Å². The molecule has 2 aromatic rings. The molecule has 94 valence electrons. The molecule has 0 unspecified atom stereocenters. The van der Waals surface area contributed by atoms with Gasteiger partial charge in [-0.1, -0.05) is 0 Å². The van der Waals surface area contributed by atoms with Gasteiger partial charge in [0, 0.05) is 24.5 Å². The van der Waals surface area contributed by atoms with Gasteiger partial charge in [-0.05, 0) is 18.2 Å². The van der Waals surface area contributed by atoms with E-state index in [0.717, 1.165) is 5.56 Å². The molecule has 1 aromatic carbocycles. The zero-order chi connectivity index (χ0) is 13.1. The molecule has 0 fully saturated rings. The van der Waals surface area contributed by atoms with Crippen LogP contribution in [0.1, 0.15) is 15.9 Å². The lowest BCUT2D eigenvalue weighted by molar-refractivity contribution is 0.0996. The van der Waals surface area contributed by atoms with Gasteiger partial charge in [0.05, 0.1) is 11.8 Å². The maximum Gasteiger partial charge on any atom is 0.252 e. The number of nitrogens with zero attached hydrogens (tertiary/aromatic N) is 2. The fourth-order valence-electron chi connectivity index (χ4n) is 1.57. The molecule has 18 heavy (non-hydrogen) atoms. The highest BCUT2D eigenvalue weighted by Crippen LogP contribution is 2.21. The maximum absolute atomic E-state index is 11.3. The van der Waals surface area contributed by atoms with E-state index in [2.05, 4.69) is 5.10 Å². The summed E-state index contributed by atoms with van der Waals surface area (Å²) < 4.78 is 7.22. The van der Waals surface area contributed by atoms with Gasteiger partial charge in [-0.3, -0.25) is 9.48 Å². The molecular formula is C12H14N4O2. The Hall–Kier alpha value is -2.50. The number of primary amides is 1. The fourth-order valence-corrected chi connectivity index (χ4v) is 1.57. The number of hydrogen-bond acceptors (Lipinski definition) is 4. The number of amides is 1. The van der Waals surface area contributed by atoms with Gasteiger partial charge in [0.15, 0.2) is 0 Å². The SMILES string of the molecule is Cn1cc(COc2ccc(N)cc2C(N)=O)cn1. The van der Waals surface area contributed by atoms with Crippen molar-refractivity contribution in [2.45, 2.75) is 6.61 Å². The van der Waals surface area contributed by atoms with E-state index >= 15 is 0 Å². The van der Waals surface area contributed by atoms with Crippen molar-refractivity contribution >= 4 is 11.6 Å². The lowest BCUT2D eigenvalue weighted by Gasteiger charge is -2.09. The Morgan fingerprint density at radius 3 is 2.89 bits per heavy atom. The summed E-state index contributed by atoms with van der Waals surface area (Å²) in [4.78, 5) is 11.3. The maximum atomic E-state index is 11.3. The topological polar surface area (TPSA) is 96.2 Å². The van der Waals surface area contributed by atoms with Crippen molar-refractivity contribution in [3.8, 4) is 5.75 Å². The predicted molar refractivity (Wildman–Crippen MR) is 66.9 cm³/mol. The van der Waals surface area contributed by atoms with E-state index in [1.807, 2.05) is 13.2 Å². The van der Waals surface area contributed by atoms with Gasteiger partial charge in [-0.2, -0.15) is 5.10 Å². The molecule has 1 aromatic heterocycles. The molecule has 0 radical (unpaired) electrons. The van der Waals surface area contributed by atoms with Crippen molar-refractivity contribution in [3.05, 3.63) is 41.7 Å². The second kappa shape index (κ2) is 4.79. The number of hydrogen-bond donors (Lipinski definition) is 2. The first-order valence-electron chi connectivity index (χ1n) is 5.36. The first kappa shape index (κ1) is 12.0. The largest absolute Gasteiger partial charge is 0.488 e. The minimum atomic E-state index is -0.566. The molecule has 1 amide bonds. The molecule has 0 atom stereocenters. The van der Waals surface area contributed by atoms with Crippen LogP contribution < -0.4 is 16.2 Å². The minimum absolute atomic E-state index is 0.277. The Kier molecular flexibility index (Phi) is 3.18. The predicted octanol–water partition coefficient (Wildman–Crippen LogP) is 0.680. The normalized spacial score (nSPS) is 10.3. The van der Waals surface area contributed by atoms with Crippen LogP contribution in [0.15, 0.2) is 30.6 Å². The molecule has 0 aliphatic rings. The molecule has 6 nitrogen and oxygen atoms in total. The van der Waals surface area contributed by atoms with Gasteiger partial charge in [-0.15, -0.1) is 0 Å². The number of aromatic nitrogens is 2. The zero-order valence-corrected chi connectivity index (χ0v) is 9.96. The van der Waals surface area contributed by atoms with Gasteiger partial charge >= 0.3 is 0 Å². The molecule has 0 spiro atoms. The molecule has 2 rings (SSSR count). The Labute approximate surface area is 104 Å². The third kappa shape index (κ3) is 2.60. The van der Waals surface area contributed by atoms with E-state index in [9.17, 15) is 4.79 Å². The molecule has 0 aliphatic carbocycles. The Morgan fingerprint density at radius 1 is 1.50 bits per heavy atom. The number of aryl methyl sites for hydroxylation is 1. The van der Waals surface area contributed by atoms with Crippen LogP contribution in [-0.4, -0.2) is 15.7 Å². The van der Waals surface area contributed by atoms with Gasteiger partial charge in [0.25, 0.3) is 5.91 Å². The van der Waals surface area contributed by atoms with E-state index in [-0.39, 0.29) is 5.56 Å². The van der Waals surface area contributed by atoms with Crippen molar-refractivity contribution < 1.29 is 9.53 Å². The van der Waals surface area contributed by atoms with E-state index in [1.54, 1.807) is 23.0 Å². The number of ether oxygens (including phenoxy) is 1. The fraction of sp³-hybridized carbons (Fsp3) is 0.167. The van der Waals surface area contributed by atoms with E-state index < -0.39 is 5.91 Å². The van der Waals surface area contributed by atoms with E-state index in [4.69, 9.17) is 16.2 Å². The summed E-state index contributed by atoms with van der Waals surface area (Å²) in [6.45, 7) is 0.317. The number of anilines is 1. The van der Waals surface area contributed by atoms with Gasteiger partial charge in [0.1, 0.15) is 12.4 Å². The monoisotopic (exact) mass is 246 g/mol. The third-order valence-electron chi connectivity index (χ3n) is 2.42. The number of nitrogen functional groups attached to an aromatic ring is 1. The van der Waals surface area contributed by atoms with E-state index in [0.29, 0.717) is 18.0 Å². The van der Waals surface area contributed by atoms with Gasteiger partial charge in [-0.25, -0.2) is 0 Å². The zero-order valence-electron chi connectivity index (χ0n) is 9.96. The highest BCUT2D eigenvalue weighted by atomic mass is 16.5. The Bertz CT molecular complexity index is 577. The number of carbonyl (C=O) groups is 1. The van der Waals surface area contributed by atoms with Crippen LogP contribution in [-0.2, 0) is 13.7 Å². The van der Waals surface area contributed by atoms with Gasteiger partial charge in [0.2, 0.25) is 0 Å². The average Bonchev–Trinajstić information content (AvgIpc) is 2.73. The lowest BCUT2D eigenvalue weighted by Crippen LogP contribution is -2.13. The summed E-state index contributed by atoms with van der Waals surface area (Å²) in [7, 11) is 1.82.